The largest absolute Gasteiger partial charge is 0.377 e. The van der Waals surface area contributed by atoms with Gasteiger partial charge in [-0.3, -0.25) is 0 Å². The molecule has 1 aromatic rings. The lowest BCUT2D eigenvalue weighted by Crippen LogP contribution is -2.20. The first kappa shape index (κ1) is 10.2. The third-order valence-electron chi connectivity index (χ3n) is 1.88. The molecule has 0 aliphatic carbocycles. The molecule has 13 heavy (non-hydrogen) atoms. The van der Waals surface area contributed by atoms with Crippen LogP contribution in [0.3, 0.4) is 0 Å². The van der Waals surface area contributed by atoms with Gasteiger partial charge >= 0.3 is 0 Å². The van der Waals surface area contributed by atoms with E-state index in [1.54, 1.807) is 6.33 Å². The van der Waals surface area contributed by atoms with E-state index in [0.29, 0.717) is 6.54 Å². The Morgan fingerprint density at radius 1 is 1.69 bits per heavy atom. The Kier molecular flexibility index (Phi) is 4.49. The Bertz CT molecular complexity index is 211. The first-order valence-corrected chi connectivity index (χ1v) is 4.62. The molecular weight excluding hydrogens is 166 g/mol. The van der Waals surface area contributed by atoms with E-state index < -0.39 is 0 Å². The van der Waals surface area contributed by atoms with E-state index in [1.165, 1.54) is 0 Å². The predicted octanol–water partition coefficient (Wildman–Crippen LogP) is 0.706. The SMILES string of the molecule is CC(CN)OCCCc1cnc[nH]1. The Hall–Kier alpha value is -0.870. The summed E-state index contributed by atoms with van der Waals surface area (Å²) in [6.07, 6.45) is 5.69. The monoisotopic (exact) mass is 183 g/mol. The van der Waals surface area contributed by atoms with Crippen LogP contribution in [0.25, 0.3) is 0 Å². The van der Waals surface area contributed by atoms with Crippen LogP contribution in [0, 0.1) is 0 Å². The lowest BCUT2D eigenvalue weighted by Gasteiger charge is -2.09. The molecular formula is C9H17N3O. The molecule has 0 bridgehead atoms. The minimum atomic E-state index is 0.168. The molecule has 1 atom stereocenters. The number of rotatable bonds is 6. The molecule has 0 spiro atoms. The van der Waals surface area contributed by atoms with Crippen LogP contribution in [-0.4, -0.2) is 29.2 Å². The van der Waals surface area contributed by atoms with Crippen molar-refractivity contribution in [2.75, 3.05) is 13.2 Å². The number of aromatic amines is 1. The molecule has 1 rings (SSSR count). The van der Waals surface area contributed by atoms with Gasteiger partial charge in [0.15, 0.2) is 0 Å². The number of nitrogens with one attached hydrogen (secondary N) is 1. The first-order chi connectivity index (χ1) is 6.33. The molecule has 4 nitrogen and oxygen atoms in total. The number of nitrogens with zero attached hydrogens (tertiary/aromatic N) is 1. The minimum absolute atomic E-state index is 0.168. The zero-order chi connectivity index (χ0) is 9.52. The topological polar surface area (TPSA) is 63.9 Å². The van der Waals surface area contributed by atoms with Gasteiger partial charge in [0.1, 0.15) is 0 Å². The summed E-state index contributed by atoms with van der Waals surface area (Å²) in [6.45, 7) is 3.33. The van der Waals surface area contributed by atoms with Gasteiger partial charge in [-0.2, -0.15) is 0 Å². The number of aromatic nitrogens is 2. The summed E-state index contributed by atoms with van der Waals surface area (Å²) in [5.41, 5.74) is 6.56. The maximum Gasteiger partial charge on any atom is 0.0921 e. The van der Waals surface area contributed by atoms with Gasteiger partial charge in [0.05, 0.1) is 12.4 Å². The average Bonchev–Trinajstić information content (AvgIpc) is 2.64. The Morgan fingerprint density at radius 2 is 2.54 bits per heavy atom. The van der Waals surface area contributed by atoms with Crippen LogP contribution in [0.4, 0.5) is 0 Å². The van der Waals surface area contributed by atoms with Crippen LogP contribution >= 0.6 is 0 Å². The van der Waals surface area contributed by atoms with Crippen LogP contribution in [0.2, 0.25) is 0 Å². The van der Waals surface area contributed by atoms with Crippen molar-refractivity contribution in [2.24, 2.45) is 5.73 Å². The highest BCUT2D eigenvalue weighted by molar-refractivity contribution is 4.93. The van der Waals surface area contributed by atoms with Crippen molar-refractivity contribution in [1.29, 1.82) is 0 Å². The number of aryl methyl sites for hydroxylation is 1. The van der Waals surface area contributed by atoms with Gasteiger partial charge in [-0.1, -0.05) is 0 Å². The van der Waals surface area contributed by atoms with Crippen molar-refractivity contribution in [2.45, 2.75) is 25.9 Å². The lowest BCUT2D eigenvalue weighted by molar-refractivity contribution is 0.0702. The molecule has 1 heterocycles. The van der Waals surface area contributed by atoms with Crippen molar-refractivity contribution in [3.05, 3.63) is 18.2 Å². The number of ether oxygens (including phenoxy) is 1. The van der Waals surface area contributed by atoms with E-state index >= 15 is 0 Å². The molecule has 74 valence electrons. The van der Waals surface area contributed by atoms with Gasteiger partial charge in [0.2, 0.25) is 0 Å². The molecule has 0 saturated carbocycles. The van der Waals surface area contributed by atoms with Crippen molar-refractivity contribution >= 4 is 0 Å². The van der Waals surface area contributed by atoms with Gasteiger partial charge in [0.25, 0.3) is 0 Å². The van der Waals surface area contributed by atoms with E-state index in [9.17, 15) is 0 Å². The highest BCUT2D eigenvalue weighted by Crippen LogP contribution is 1.98. The van der Waals surface area contributed by atoms with Crippen LogP contribution in [-0.2, 0) is 11.2 Å². The molecule has 1 unspecified atom stereocenters. The number of nitrogens with two attached hydrogens (primary N) is 1. The second kappa shape index (κ2) is 5.72. The van der Waals surface area contributed by atoms with E-state index in [2.05, 4.69) is 9.97 Å². The standard InChI is InChI=1S/C9H17N3O/c1-8(5-10)13-4-2-3-9-6-11-7-12-9/h6-8H,2-5,10H2,1H3,(H,11,12). The molecule has 0 amide bonds. The van der Waals surface area contributed by atoms with Crippen LogP contribution in [0.15, 0.2) is 12.5 Å². The van der Waals surface area contributed by atoms with Crippen molar-refractivity contribution in [3.63, 3.8) is 0 Å². The van der Waals surface area contributed by atoms with E-state index in [0.717, 1.165) is 25.1 Å². The van der Waals surface area contributed by atoms with Crippen LogP contribution in [0.1, 0.15) is 19.0 Å². The van der Waals surface area contributed by atoms with Gasteiger partial charge in [-0.15, -0.1) is 0 Å². The van der Waals surface area contributed by atoms with Crippen LogP contribution in [0.5, 0.6) is 0 Å². The second-order valence-corrected chi connectivity index (χ2v) is 3.10. The summed E-state index contributed by atoms with van der Waals surface area (Å²) >= 11 is 0. The molecule has 1 aromatic heterocycles. The molecule has 0 aromatic carbocycles. The minimum Gasteiger partial charge on any atom is -0.377 e. The van der Waals surface area contributed by atoms with Gasteiger partial charge in [-0.25, -0.2) is 4.98 Å². The quantitative estimate of drug-likeness (QED) is 0.638. The number of hydrogen-bond acceptors (Lipinski definition) is 3. The van der Waals surface area contributed by atoms with Crippen molar-refractivity contribution < 1.29 is 4.74 Å². The summed E-state index contributed by atoms with van der Waals surface area (Å²) in [5.74, 6) is 0. The highest BCUT2D eigenvalue weighted by Gasteiger charge is 1.98. The number of imidazole rings is 1. The summed E-state index contributed by atoms with van der Waals surface area (Å²) in [4.78, 5) is 6.98. The smallest absolute Gasteiger partial charge is 0.0921 e. The van der Waals surface area contributed by atoms with E-state index in [4.69, 9.17) is 10.5 Å². The molecule has 0 saturated heterocycles. The Balaban J connectivity index is 2.02. The number of H-pyrrole nitrogens is 1. The van der Waals surface area contributed by atoms with E-state index in [-0.39, 0.29) is 6.10 Å². The molecule has 0 radical (unpaired) electrons. The fourth-order valence-corrected chi connectivity index (χ4v) is 1.04. The highest BCUT2D eigenvalue weighted by atomic mass is 16.5. The molecule has 3 N–H and O–H groups in total. The van der Waals surface area contributed by atoms with Crippen molar-refractivity contribution in [1.82, 2.24) is 9.97 Å². The summed E-state index contributed by atoms with van der Waals surface area (Å²) in [7, 11) is 0. The third kappa shape index (κ3) is 4.05. The zero-order valence-electron chi connectivity index (χ0n) is 7.99. The lowest BCUT2D eigenvalue weighted by atomic mass is 10.2. The molecule has 0 fully saturated rings. The maximum absolute atomic E-state index is 5.43. The molecule has 0 aliphatic rings. The fraction of sp³-hybridized carbons (Fsp3) is 0.667. The zero-order valence-corrected chi connectivity index (χ0v) is 7.99. The first-order valence-electron chi connectivity index (χ1n) is 4.62. The summed E-state index contributed by atoms with van der Waals surface area (Å²) in [5, 5.41) is 0. The van der Waals surface area contributed by atoms with Crippen LogP contribution < -0.4 is 5.73 Å². The molecule has 0 aliphatic heterocycles. The van der Waals surface area contributed by atoms with Gasteiger partial charge < -0.3 is 15.5 Å². The van der Waals surface area contributed by atoms with Gasteiger partial charge in [-0.05, 0) is 19.8 Å². The predicted molar refractivity (Wildman–Crippen MR) is 51.4 cm³/mol. The average molecular weight is 183 g/mol. The normalized spacial score (nSPS) is 13.1. The van der Waals surface area contributed by atoms with E-state index in [1.807, 2.05) is 13.1 Å². The Morgan fingerprint density at radius 3 is 3.15 bits per heavy atom. The Labute approximate surface area is 78.5 Å². The third-order valence-corrected chi connectivity index (χ3v) is 1.88. The second-order valence-electron chi connectivity index (χ2n) is 3.10. The fourth-order valence-electron chi connectivity index (χ4n) is 1.04. The molecule has 4 heteroatoms. The van der Waals surface area contributed by atoms with Crippen molar-refractivity contribution in [3.8, 4) is 0 Å². The van der Waals surface area contributed by atoms with Gasteiger partial charge in [0, 0.05) is 25.0 Å². The number of hydrogen-bond donors (Lipinski definition) is 2. The summed E-state index contributed by atoms with van der Waals surface area (Å²) < 4.78 is 5.43. The summed E-state index contributed by atoms with van der Waals surface area (Å²) in [6, 6.07) is 0. The maximum atomic E-state index is 5.43.